The number of thiol groups is 1. The lowest BCUT2D eigenvalue weighted by molar-refractivity contribution is 0.268. The van der Waals surface area contributed by atoms with Gasteiger partial charge >= 0.3 is 0 Å². The highest BCUT2D eigenvalue weighted by atomic mass is 32.1. The lowest BCUT2D eigenvalue weighted by Crippen LogP contribution is -2.33. The SMILES string of the molecule is CN(C)C1CCc2cccc(CS)c2C1. The Hall–Kier alpha value is -0.470. The van der Waals surface area contributed by atoms with E-state index in [0.29, 0.717) is 6.04 Å². The molecule has 1 aromatic rings. The highest BCUT2D eigenvalue weighted by Gasteiger charge is 2.21. The first-order valence-corrected chi connectivity index (χ1v) is 6.22. The van der Waals surface area contributed by atoms with E-state index in [-0.39, 0.29) is 0 Å². The molecular weight excluding hydrogens is 202 g/mol. The van der Waals surface area contributed by atoms with Crippen LogP contribution in [0.15, 0.2) is 18.2 Å². The molecule has 1 aliphatic rings. The molecule has 15 heavy (non-hydrogen) atoms. The third-order valence-corrected chi connectivity index (χ3v) is 3.80. The molecule has 1 aliphatic carbocycles. The molecule has 0 radical (unpaired) electrons. The van der Waals surface area contributed by atoms with Gasteiger partial charge in [0.15, 0.2) is 0 Å². The van der Waals surface area contributed by atoms with E-state index < -0.39 is 0 Å². The maximum atomic E-state index is 4.41. The first-order chi connectivity index (χ1) is 7.22. The fourth-order valence-corrected chi connectivity index (χ4v) is 2.73. The number of aryl methyl sites for hydroxylation is 1. The number of benzene rings is 1. The van der Waals surface area contributed by atoms with Crippen LogP contribution in [0, 0.1) is 0 Å². The molecule has 1 aromatic carbocycles. The van der Waals surface area contributed by atoms with Gasteiger partial charge in [0.1, 0.15) is 0 Å². The van der Waals surface area contributed by atoms with E-state index in [4.69, 9.17) is 0 Å². The molecular formula is C13H19NS. The van der Waals surface area contributed by atoms with Crippen molar-refractivity contribution in [1.29, 1.82) is 0 Å². The molecule has 0 bridgehead atoms. The Morgan fingerprint density at radius 3 is 2.87 bits per heavy atom. The minimum atomic E-state index is 0.707. The van der Waals surface area contributed by atoms with Gasteiger partial charge in [-0.2, -0.15) is 12.6 Å². The van der Waals surface area contributed by atoms with Gasteiger partial charge in [-0.15, -0.1) is 0 Å². The quantitative estimate of drug-likeness (QED) is 0.751. The number of fused-ring (bicyclic) bond motifs is 1. The van der Waals surface area contributed by atoms with E-state index in [1.54, 1.807) is 11.1 Å². The van der Waals surface area contributed by atoms with Gasteiger partial charge in [-0.3, -0.25) is 0 Å². The zero-order chi connectivity index (χ0) is 10.8. The van der Waals surface area contributed by atoms with Crippen LogP contribution in [0.2, 0.25) is 0 Å². The van der Waals surface area contributed by atoms with E-state index >= 15 is 0 Å². The van der Waals surface area contributed by atoms with E-state index in [2.05, 4.69) is 49.8 Å². The molecule has 0 amide bonds. The smallest absolute Gasteiger partial charge is 0.0157 e. The zero-order valence-electron chi connectivity index (χ0n) is 9.53. The molecule has 0 aromatic heterocycles. The highest BCUT2D eigenvalue weighted by Crippen LogP contribution is 2.27. The molecule has 2 rings (SSSR count). The Bertz CT molecular complexity index is 332. The van der Waals surface area contributed by atoms with E-state index in [0.717, 1.165) is 5.75 Å². The minimum absolute atomic E-state index is 0.707. The summed E-state index contributed by atoms with van der Waals surface area (Å²) in [6.07, 6.45) is 3.70. The average molecular weight is 221 g/mol. The van der Waals surface area contributed by atoms with Crippen molar-refractivity contribution < 1.29 is 0 Å². The molecule has 0 N–H and O–H groups in total. The molecule has 0 saturated heterocycles. The molecule has 82 valence electrons. The molecule has 2 heteroatoms. The Balaban J connectivity index is 2.30. The Kier molecular flexibility index (Phi) is 3.37. The van der Waals surface area contributed by atoms with Crippen LogP contribution in [0.4, 0.5) is 0 Å². The van der Waals surface area contributed by atoms with Crippen LogP contribution in [0.3, 0.4) is 0 Å². The van der Waals surface area contributed by atoms with Crippen molar-refractivity contribution in [3.8, 4) is 0 Å². The lowest BCUT2D eigenvalue weighted by Gasteiger charge is -2.31. The topological polar surface area (TPSA) is 3.24 Å². The number of hydrogen-bond acceptors (Lipinski definition) is 2. The van der Waals surface area contributed by atoms with Gasteiger partial charge in [-0.05, 0) is 50.0 Å². The van der Waals surface area contributed by atoms with Gasteiger partial charge < -0.3 is 4.90 Å². The summed E-state index contributed by atoms with van der Waals surface area (Å²) in [5.41, 5.74) is 4.51. The predicted molar refractivity (Wildman–Crippen MR) is 68.6 cm³/mol. The summed E-state index contributed by atoms with van der Waals surface area (Å²) in [5, 5.41) is 0. The lowest BCUT2D eigenvalue weighted by atomic mass is 9.85. The molecule has 0 heterocycles. The fraction of sp³-hybridized carbons (Fsp3) is 0.538. The number of nitrogens with zero attached hydrogens (tertiary/aromatic N) is 1. The Morgan fingerprint density at radius 1 is 1.40 bits per heavy atom. The van der Waals surface area contributed by atoms with Crippen LogP contribution in [0.5, 0.6) is 0 Å². The standard InChI is InChI=1S/C13H19NS/c1-14(2)12-7-6-10-4-3-5-11(9-15)13(10)8-12/h3-5,12,15H,6-9H2,1-2H3. The summed E-state index contributed by atoms with van der Waals surface area (Å²) in [6, 6.07) is 7.36. The summed E-state index contributed by atoms with van der Waals surface area (Å²) < 4.78 is 0. The molecule has 0 aliphatic heterocycles. The average Bonchev–Trinajstić information content (AvgIpc) is 2.27. The highest BCUT2D eigenvalue weighted by molar-refractivity contribution is 7.79. The second kappa shape index (κ2) is 4.58. The van der Waals surface area contributed by atoms with Crippen molar-refractivity contribution in [3.05, 3.63) is 34.9 Å². The molecule has 0 saturated carbocycles. The number of hydrogen-bond donors (Lipinski definition) is 1. The zero-order valence-corrected chi connectivity index (χ0v) is 10.4. The van der Waals surface area contributed by atoms with Gasteiger partial charge in [-0.1, -0.05) is 18.2 Å². The van der Waals surface area contributed by atoms with Gasteiger partial charge in [0.05, 0.1) is 0 Å². The van der Waals surface area contributed by atoms with Gasteiger partial charge in [-0.25, -0.2) is 0 Å². The Morgan fingerprint density at radius 2 is 2.20 bits per heavy atom. The normalized spacial score (nSPS) is 20.4. The van der Waals surface area contributed by atoms with Gasteiger partial charge in [0.2, 0.25) is 0 Å². The summed E-state index contributed by atoms with van der Waals surface area (Å²) in [6.45, 7) is 0. The van der Waals surface area contributed by atoms with Gasteiger partial charge in [0.25, 0.3) is 0 Å². The van der Waals surface area contributed by atoms with E-state index in [1.807, 2.05) is 0 Å². The maximum absolute atomic E-state index is 4.41. The van der Waals surface area contributed by atoms with Crippen molar-refractivity contribution in [1.82, 2.24) is 4.90 Å². The maximum Gasteiger partial charge on any atom is 0.0157 e. The van der Waals surface area contributed by atoms with Crippen LogP contribution in [-0.2, 0) is 18.6 Å². The van der Waals surface area contributed by atoms with Gasteiger partial charge in [0, 0.05) is 11.8 Å². The first kappa shape index (κ1) is 11.0. The predicted octanol–water partition coefficient (Wildman–Crippen LogP) is 2.54. The van der Waals surface area contributed by atoms with Crippen molar-refractivity contribution >= 4 is 12.6 Å². The second-order valence-electron chi connectivity index (χ2n) is 4.57. The summed E-state index contributed by atoms with van der Waals surface area (Å²) >= 11 is 4.41. The second-order valence-corrected chi connectivity index (χ2v) is 4.89. The summed E-state index contributed by atoms with van der Waals surface area (Å²) in [7, 11) is 4.36. The molecule has 1 atom stereocenters. The van der Waals surface area contributed by atoms with Crippen LogP contribution < -0.4 is 0 Å². The summed E-state index contributed by atoms with van der Waals surface area (Å²) in [4.78, 5) is 2.35. The van der Waals surface area contributed by atoms with E-state index in [1.165, 1.54) is 24.8 Å². The number of rotatable bonds is 2. The van der Waals surface area contributed by atoms with Crippen LogP contribution in [-0.4, -0.2) is 25.0 Å². The molecule has 0 fully saturated rings. The number of likely N-dealkylation sites (N-methyl/N-ethyl adjacent to an activating group) is 1. The Labute approximate surface area is 97.9 Å². The van der Waals surface area contributed by atoms with Crippen LogP contribution >= 0.6 is 12.6 Å². The monoisotopic (exact) mass is 221 g/mol. The van der Waals surface area contributed by atoms with Crippen LogP contribution in [0.1, 0.15) is 23.1 Å². The molecule has 0 spiro atoms. The molecule has 1 unspecified atom stereocenters. The van der Waals surface area contributed by atoms with Crippen molar-refractivity contribution in [2.75, 3.05) is 14.1 Å². The minimum Gasteiger partial charge on any atom is -0.306 e. The third kappa shape index (κ3) is 2.21. The molecule has 1 nitrogen and oxygen atoms in total. The fourth-order valence-electron chi connectivity index (χ4n) is 2.43. The van der Waals surface area contributed by atoms with Crippen molar-refractivity contribution in [2.24, 2.45) is 0 Å². The summed E-state index contributed by atoms with van der Waals surface area (Å²) in [5.74, 6) is 0.864. The van der Waals surface area contributed by atoms with Crippen LogP contribution in [0.25, 0.3) is 0 Å². The largest absolute Gasteiger partial charge is 0.306 e. The first-order valence-electron chi connectivity index (χ1n) is 5.59. The van der Waals surface area contributed by atoms with Crippen molar-refractivity contribution in [2.45, 2.75) is 31.1 Å². The van der Waals surface area contributed by atoms with Crippen molar-refractivity contribution in [3.63, 3.8) is 0 Å². The third-order valence-electron chi connectivity index (χ3n) is 3.46. The van der Waals surface area contributed by atoms with E-state index in [9.17, 15) is 0 Å².